The van der Waals surface area contributed by atoms with Crippen LogP contribution in [0.25, 0.3) is 5.76 Å². The number of nitrogens with zero attached hydrogens (tertiary/aromatic N) is 2. The Morgan fingerprint density at radius 3 is 2.27 bits per heavy atom. The molecule has 0 spiro atoms. The first-order valence-electron chi connectivity index (χ1n) is 10.3. The molecule has 1 aliphatic rings. The van der Waals surface area contributed by atoms with Crippen molar-refractivity contribution in [1.82, 2.24) is 9.80 Å². The van der Waals surface area contributed by atoms with Crippen LogP contribution in [0, 0.1) is 5.82 Å². The van der Waals surface area contributed by atoms with E-state index in [1.54, 1.807) is 42.5 Å². The second-order valence-electron chi connectivity index (χ2n) is 7.29. The fourth-order valence-electron chi connectivity index (χ4n) is 3.86. The van der Waals surface area contributed by atoms with Crippen molar-refractivity contribution in [2.24, 2.45) is 0 Å². The van der Waals surface area contributed by atoms with Gasteiger partial charge in [0.2, 0.25) is 0 Å². The first-order valence-corrected chi connectivity index (χ1v) is 10.3. The van der Waals surface area contributed by atoms with Gasteiger partial charge in [-0.15, -0.1) is 0 Å². The number of carbonyl (C=O) groups is 2. The molecule has 1 fully saturated rings. The first-order chi connectivity index (χ1) is 14.5. The van der Waals surface area contributed by atoms with Gasteiger partial charge in [-0.25, -0.2) is 4.39 Å². The Kier molecular flexibility index (Phi) is 7.00. The monoisotopic (exact) mass is 410 g/mol. The lowest BCUT2D eigenvalue weighted by Gasteiger charge is -2.26. The van der Waals surface area contributed by atoms with Gasteiger partial charge >= 0.3 is 0 Å². The summed E-state index contributed by atoms with van der Waals surface area (Å²) in [6.07, 6.45) is 0.692. The molecule has 1 amide bonds. The summed E-state index contributed by atoms with van der Waals surface area (Å²) in [5.74, 6) is -1.97. The van der Waals surface area contributed by atoms with Crippen LogP contribution in [0.5, 0.6) is 0 Å². The van der Waals surface area contributed by atoms with Crippen LogP contribution in [0.2, 0.25) is 0 Å². The zero-order valence-electron chi connectivity index (χ0n) is 17.3. The standard InChI is InChI=1S/C24H27FN2O3/c1-3-26(4-2)15-8-16-27-21(17-11-13-19(25)14-12-17)20(23(29)24(27)30)22(28)18-9-6-5-7-10-18/h5-7,9-14,21,28H,3-4,8,15-16H2,1-2H3/t21-/m1/s1. The number of carbonyl (C=O) groups excluding carboxylic acids is 2. The zero-order chi connectivity index (χ0) is 21.7. The van der Waals surface area contributed by atoms with E-state index in [9.17, 15) is 19.1 Å². The minimum absolute atomic E-state index is 0.0423. The smallest absolute Gasteiger partial charge is 0.295 e. The number of hydrogen-bond acceptors (Lipinski definition) is 4. The molecule has 0 saturated carbocycles. The molecule has 5 nitrogen and oxygen atoms in total. The van der Waals surface area contributed by atoms with Crippen molar-refractivity contribution in [3.05, 3.63) is 77.1 Å². The molecule has 6 heteroatoms. The first kappa shape index (κ1) is 21.7. The summed E-state index contributed by atoms with van der Waals surface area (Å²) in [6, 6.07) is 13.6. The van der Waals surface area contributed by atoms with Crippen LogP contribution < -0.4 is 0 Å². The predicted molar refractivity (Wildman–Crippen MR) is 114 cm³/mol. The lowest BCUT2D eigenvalue weighted by Crippen LogP contribution is -2.33. The average molecular weight is 410 g/mol. The van der Waals surface area contributed by atoms with Crippen molar-refractivity contribution in [2.45, 2.75) is 26.3 Å². The summed E-state index contributed by atoms with van der Waals surface area (Å²) >= 11 is 0. The summed E-state index contributed by atoms with van der Waals surface area (Å²) in [4.78, 5) is 29.5. The van der Waals surface area contributed by atoms with E-state index in [4.69, 9.17) is 0 Å². The molecule has 0 bridgehead atoms. The highest BCUT2D eigenvalue weighted by Crippen LogP contribution is 2.39. The average Bonchev–Trinajstić information content (AvgIpc) is 3.02. The molecule has 0 radical (unpaired) electrons. The molecule has 1 atom stereocenters. The maximum absolute atomic E-state index is 13.5. The fraction of sp³-hybridized carbons (Fsp3) is 0.333. The quantitative estimate of drug-likeness (QED) is 0.406. The minimum Gasteiger partial charge on any atom is -0.507 e. The third-order valence-corrected chi connectivity index (χ3v) is 5.54. The largest absolute Gasteiger partial charge is 0.507 e. The van der Waals surface area contributed by atoms with Crippen molar-refractivity contribution in [1.29, 1.82) is 0 Å². The molecule has 2 aromatic carbocycles. The molecule has 0 aromatic heterocycles. The van der Waals surface area contributed by atoms with E-state index < -0.39 is 23.5 Å². The van der Waals surface area contributed by atoms with Crippen molar-refractivity contribution in [2.75, 3.05) is 26.2 Å². The lowest BCUT2D eigenvalue weighted by molar-refractivity contribution is -0.140. The van der Waals surface area contributed by atoms with Crippen molar-refractivity contribution in [3.63, 3.8) is 0 Å². The van der Waals surface area contributed by atoms with E-state index in [1.807, 2.05) is 0 Å². The number of hydrogen-bond donors (Lipinski definition) is 1. The maximum atomic E-state index is 13.5. The number of benzene rings is 2. The number of rotatable bonds is 8. The van der Waals surface area contributed by atoms with E-state index in [0.717, 1.165) is 19.6 Å². The van der Waals surface area contributed by atoms with Gasteiger partial charge in [0.05, 0.1) is 11.6 Å². The number of amides is 1. The number of likely N-dealkylation sites (tertiary alicyclic amines) is 1. The molecule has 1 saturated heterocycles. The Labute approximate surface area is 176 Å². The highest BCUT2D eigenvalue weighted by atomic mass is 19.1. The number of aliphatic hydroxyl groups excluding tert-OH is 1. The highest BCUT2D eigenvalue weighted by Gasteiger charge is 2.45. The normalized spacial score (nSPS) is 18.4. The Balaban J connectivity index is 2.00. The molecule has 0 aliphatic carbocycles. The summed E-state index contributed by atoms with van der Waals surface area (Å²) in [5, 5.41) is 10.9. The van der Waals surface area contributed by atoms with Crippen LogP contribution in [0.15, 0.2) is 60.2 Å². The van der Waals surface area contributed by atoms with E-state index in [-0.39, 0.29) is 11.3 Å². The van der Waals surface area contributed by atoms with Gasteiger partial charge in [0.25, 0.3) is 11.7 Å². The van der Waals surface area contributed by atoms with Crippen LogP contribution in [-0.4, -0.2) is 52.8 Å². The molecular formula is C24H27FN2O3. The van der Waals surface area contributed by atoms with Gasteiger partial charge in [-0.1, -0.05) is 56.3 Å². The van der Waals surface area contributed by atoms with E-state index in [1.165, 1.54) is 17.0 Å². The molecule has 1 heterocycles. The Bertz CT molecular complexity index is 921. The van der Waals surface area contributed by atoms with Gasteiger partial charge in [0.15, 0.2) is 0 Å². The highest BCUT2D eigenvalue weighted by molar-refractivity contribution is 6.46. The predicted octanol–water partition coefficient (Wildman–Crippen LogP) is 3.98. The summed E-state index contributed by atoms with van der Waals surface area (Å²) in [5.41, 5.74) is 1.10. The Morgan fingerprint density at radius 1 is 1.03 bits per heavy atom. The maximum Gasteiger partial charge on any atom is 0.295 e. The summed E-state index contributed by atoms with van der Waals surface area (Å²) in [7, 11) is 0. The van der Waals surface area contributed by atoms with Gasteiger partial charge in [-0.3, -0.25) is 9.59 Å². The van der Waals surface area contributed by atoms with Crippen LogP contribution in [0.1, 0.15) is 37.4 Å². The molecule has 3 rings (SSSR count). The van der Waals surface area contributed by atoms with Crippen LogP contribution in [0.4, 0.5) is 4.39 Å². The van der Waals surface area contributed by atoms with Gasteiger partial charge in [-0.05, 0) is 43.8 Å². The van der Waals surface area contributed by atoms with E-state index in [2.05, 4.69) is 18.7 Å². The van der Waals surface area contributed by atoms with Crippen molar-refractivity contribution < 1.29 is 19.1 Å². The molecule has 2 aromatic rings. The minimum atomic E-state index is -0.748. The topological polar surface area (TPSA) is 60.9 Å². The number of Topliss-reactive ketones (excluding diaryl/α,β-unsaturated/α-hetero) is 1. The summed E-state index contributed by atoms with van der Waals surface area (Å²) < 4.78 is 13.5. The number of ketones is 1. The van der Waals surface area contributed by atoms with Crippen LogP contribution >= 0.6 is 0 Å². The number of aliphatic hydroxyl groups is 1. The van der Waals surface area contributed by atoms with Crippen molar-refractivity contribution >= 4 is 17.4 Å². The third-order valence-electron chi connectivity index (χ3n) is 5.54. The van der Waals surface area contributed by atoms with Crippen LogP contribution in [0.3, 0.4) is 0 Å². The molecule has 1 N–H and O–H groups in total. The van der Waals surface area contributed by atoms with Crippen molar-refractivity contribution in [3.8, 4) is 0 Å². The number of halogens is 1. The van der Waals surface area contributed by atoms with Crippen LogP contribution in [-0.2, 0) is 9.59 Å². The molecule has 1 aliphatic heterocycles. The van der Waals surface area contributed by atoms with Gasteiger partial charge < -0.3 is 14.9 Å². The second-order valence-corrected chi connectivity index (χ2v) is 7.29. The zero-order valence-corrected chi connectivity index (χ0v) is 17.3. The Morgan fingerprint density at radius 2 is 1.67 bits per heavy atom. The van der Waals surface area contributed by atoms with Gasteiger partial charge in [0, 0.05) is 12.1 Å². The third kappa shape index (κ3) is 4.44. The van der Waals surface area contributed by atoms with E-state index in [0.29, 0.717) is 24.1 Å². The lowest BCUT2D eigenvalue weighted by atomic mass is 9.95. The molecule has 30 heavy (non-hydrogen) atoms. The summed E-state index contributed by atoms with van der Waals surface area (Å²) in [6.45, 7) is 7.14. The van der Waals surface area contributed by atoms with Gasteiger partial charge in [0.1, 0.15) is 11.6 Å². The second kappa shape index (κ2) is 9.67. The SMILES string of the molecule is CCN(CC)CCCN1C(=O)C(=O)C(=C(O)c2ccccc2)[C@H]1c1ccc(F)cc1. The fourth-order valence-corrected chi connectivity index (χ4v) is 3.86. The van der Waals surface area contributed by atoms with Gasteiger partial charge in [-0.2, -0.15) is 0 Å². The molecular weight excluding hydrogens is 383 g/mol. The van der Waals surface area contributed by atoms with E-state index >= 15 is 0 Å². The molecule has 158 valence electrons. The molecule has 0 unspecified atom stereocenters. The Hall–Kier alpha value is -2.99.